The predicted octanol–water partition coefficient (Wildman–Crippen LogP) is -0.191. The Labute approximate surface area is 39.1 Å². The minimum absolute atomic E-state index is 0. The van der Waals surface area contributed by atoms with Gasteiger partial charge in [-0.1, -0.05) is 0 Å². The quantitative estimate of drug-likeness (QED) is 0.495. The van der Waals surface area contributed by atoms with E-state index in [-0.39, 0.29) is 20.6 Å². The Balaban J connectivity index is 2.54. The molecule has 1 N–H and O–H groups in total. The van der Waals surface area contributed by atoms with Crippen molar-refractivity contribution in [3.63, 3.8) is 0 Å². The first-order chi connectivity index (χ1) is 2.27. The van der Waals surface area contributed by atoms with E-state index < -0.39 is 0 Å². The monoisotopic (exact) mass is 136 g/mol. The first kappa shape index (κ1) is 5.52. The third-order valence-electron chi connectivity index (χ3n) is 0.418. The summed E-state index contributed by atoms with van der Waals surface area (Å²) in [7, 11) is 0. The summed E-state index contributed by atoms with van der Waals surface area (Å²) in [5, 5.41) is 8.42. The topological polar surface area (TPSA) is 20.2 Å². The van der Waals surface area contributed by atoms with Crippen LogP contribution in [0.3, 0.4) is 0 Å². The molecule has 0 radical (unpaired) electrons. The van der Waals surface area contributed by atoms with Crippen molar-refractivity contribution in [2.45, 2.75) is 17.5 Å². The molecule has 0 aromatic heterocycles. The number of aliphatic hydroxyl groups excluding tert-OH is 1. The Morgan fingerprint density at radius 3 is 2.00 bits per heavy atom. The Morgan fingerprint density at radius 2 is 2.00 bits per heavy atom. The van der Waals surface area contributed by atoms with Gasteiger partial charge in [-0.3, -0.25) is 0 Å². The molecule has 2 heteroatoms. The van der Waals surface area contributed by atoms with Crippen molar-refractivity contribution >= 4 is 15.8 Å². The molecule has 0 aliphatic heterocycles. The van der Waals surface area contributed by atoms with Crippen molar-refractivity contribution in [3.8, 4) is 0 Å². The summed E-state index contributed by atoms with van der Waals surface area (Å²) >= 11 is 0. The number of rotatable bonds is 1. The summed E-state index contributed by atoms with van der Waals surface area (Å²) < 4.78 is 0. The second-order valence-electron chi connectivity index (χ2n) is 0.965. The van der Waals surface area contributed by atoms with Crippen LogP contribution in [0.4, 0.5) is 0 Å². The molecule has 0 aromatic carbocycles. The molecule has 2 atom stereocenters. The van der Waals surface area contributed by atoms with Crippen LogP contribution >= 0.6 is 0 Å². The van der Waals surface area contributed by atoms with Crippen LogP contribution in [-0.4, -0.2) is 25.8 Å². The van der Waals surface area contributed by atoms with Crippen LogP contribution in [0.25, 0.3) is 0 Å². The van der Waals surface area contributed by atoms with Crippen LogP contribution in [0.5, 0.6) is 0 Å². The summed E-state index contributed by atoms with van der Waals surface area (Å²) in [6.45, 7) is 1.83. The molecule has 0 aliphatic carbocycles. The van der Waals surface area contributed by atoms with Crippen molar-refractivity contribution in [3.05, 3.63) is 0 Å². The number of hydrogen-bond donors (Lipinski definition) is 1. The van der Waals surface area contributed by atoms with Gasteiger partial charge in [0.2, 0.25) is 0 Å². The fourth-order valence-electron chi connectivity index (χ4n) is 0. The van der Waals surface area contributed by atoms with E-state index in [0.29, 0.717) is 0 Å². The Morgan fingerprint density at radius 1 is 1.80 bits per heavy atom. The van der Waals surface area contributed by atoms with Gasteiger partial charge in [0, 0.05) is 0 Å². The predicted molar refractivity (Wildman–Crippen MR) is 24.7 cm³/mol. The van der Waals surface area contributed by atoms with E-state index in [2.05, 4.69) is 5.71 Å². The maximum atomic E-state index is 8.42. The normalized spacial score (nSPS) is 17.4. The van der Waals surface area contributed by atoms with Gasteiger partial charge in [0.05, 0.1) is 0 Å². The van der Waals surface area contributed by atoms with Crippen LogP contribution in [0, 0.1) is 0 Å². The Bertz CT molecular complexity index is 20.9. The van der Waals surface area contributed by atoms with E-state index in [1.807, 2.05) is 6.92 Å². The van der Waals surface area contributed by atoms with Gasteiger partial charge in [-0.15, -0.1) is 0 Å². The maximum absolute atomic E-state index is 8.42. The second kappa shape index (κ2) is 2.74. The van der Waals surface area contributed by atoms with Gasteiger partial charge in [0.1, 0.15) is 0 Å². The molecular weight excluding hydrogens is 127 g/mol. The molecule has 5 heavy (non-hydrogen) atoms. The summed E-state index contributed by atoms with van der Waals surface area (Å²) in [5.41, 5.74) is 2.07. The molecule has 0 spiro atoms. The van der Waals surface area contributed by atoms with Gasteiger partial charge in [0.15, 0.2) is 0 Å². The van der Waals surface area contributed by atoms with E-state index in [1.54, 1.807) is 0 Å². The van der Waals surface area contributed by atoms with Crippen molar-refractivity contribution in [1.82, 2.24) is 0 Å². The summed E-state index contributed by atoms with van der Waals surface area (Å²) in [6.07, 6.45) is 0. The third kappa shape index (κ3) is 4.52. The van der Waals surface area contributed by atoms with Crippen LogP contribution < -0.4 is 0 Å². The van der Waals surface area contributed by atoms with Gasteiger partial charge in [-0.25, -0.2) is 0 Å². The standard InChI is InChI=1S/C3H9AsO/c1-3(5)4-2/h3-5H,1-2H3. The van der Waals surface area contributed by atoms with Gasteiger partial charge in [-0.2, -0.15) is 0 Å². The molecule has 0 saturated carbocycles. The summed E-state index contributed by atoms with van der Waals surface area (Å²) in [5.74, 6) is 0. The zero-order valence-corrected chi connectivity index (χ0v) is 5.62. The van der Waals surface area contributed by atoms with Crippen LogP contribution in [0.1, 0.15) is 6.92 Å². The molecule has 1 nitrogen and oxygen atoms in total. The van der Waals surface area contributed by atoms with Gasteiger partial charge >= 0.3 is 38.4 Å². The van der Waals surface area contributed by atoms with Crippen LogP contribution in [0.15, 0.2) is 0 Å². The molecule has 0 aromatic rings. The average molecular weight is 136 g/mol. The van der Waals surface area contributed by atoms with E-state index in [0.717, 1.165) is 0 Å². The fourth-order valence-corrected chi connectivity index (χ4v) is 0. The van der Waals surface area contributed by atoms with Crippen molar-refractivity contribution in [2.75, 3.05) is 0 Å². The minimum atomic E-state index is 0. The fraction of sp³-hybridized carbons (Fsp3) is 1.00. The Kier molecular flexibility index (Phi) is 3.02. The van der Waals surface area contributed by atoms with Crippen molar-refractivity contribution in [1.29, 1.82) is 0 Å². The molecule has 0 amide bonds. The van der Waals surface area contributed by atoms with Gasteiger partial charge in [-0.05, 0) is 0 Å². The third-order valence-corrected chi connectivity index (χ3v) is 2.17. The zero-order valence-electron chi connectivity index (χ0n) is 3.52. The molecule has 0 saturated heterocycles. The molecule has 0 bridgehead atoms. The average Bonchev–Trinajstić information content (AvgIpc) is 1.38. The molecule has 0 heterocycles. The van der Waals surface area contributed by atoms with E-state index in [9.17, 15) is 0 Å². The second-order valence-corrected chi connectivity index (χ2v) is 3.93. The van der Waals surface area contributed by atoms with Gasteiger partial charge < -0.3 is 0 Å². The first-order valence-electron chi connectivity index (χ1n) is 1.62. The van der Waals surface area contributed by atoms with Crippen LogP contribution in [-0.2, 0) is 0 Å². The first-order valence-corrected chi connectivity index (χ1v) is 4.93. The van der Waals surface area contributed by atoms with Crippen molar-refractivity contribution in [2.24, 2.45) is 0 Å². The van der Waals surface area contributed by atoms with E-state index >= 15 is 0 Å². The molecule has 32 valence electrons. The molecule has 0 fully saturated rings. The van der Waals surface area contributed by atoms with Crippen LogP contribution in [0.2, 0.25) is 5.71 Å². The van der Waals surface area contributed by atoms with E-state index in [1.165, 1.54) is 0 Å². The van der Waals surface area contributed by atoms with E-state index in [4.69, 9.17) is 5.11 Å². The zero-order chi connectivity index (χ0) is 4.28. The molecule has 0 rings (SSSR count). The molecular formula is C3H9AsO. The van der Waals surface area contributed by atoms with Gasteiger partial charge in [0.25, 0.3) is 0 Å². The molecule has 0 aliphatic rings. The summed E-state index contributed by atoms with van der Waals surface area (Å²) in [4.78, 5) is 0.00926. The van der Waals surface area contributed by atoms with Crippen molar-refractivity contribution < 1.29 is 5.11 Å². The Hall–Kier alpha value is 0.518. The number of hydrogen-bond acceptors (Lipinski definition) is 1. The summed E-state index contributed by atoms with van der Waals surface area (Å²) in [6, 6.07) is 0. The number of aliphatic hydroxyl groups is 1. The SMILES string of the molecule is C[AsH]C(C)O. The molecule has 2 unspecified atom stereocenters.